The number of sulfonamides is 1. The average Bonchev–Trinajstić information content (AvgIpc) is 2.73. The summed E-state index contributed by atoms with van der Waals surface area (Å²) >= 11 is 0. The van der Waals surface area contributed by atoms with Crippen LogP contribution in [0.2, 0.25) is 0 Å². The Labute approximate surface area is 171 Å². The quantitative estimate of drug-likeness (QED) is 0.646. The molecule has 0 heterocycles. The fraction of sp³-hybridized carbons (Fsp3) is 0.227. The predicted octanol–water partition coefficient (Wildman–Crippen LogP) is 3.35. The Morgan fingerprint density at radius 3 is 2.34 bits per heavy atom. The molecule has 3 aromatic carbocycles. The van der Waals surface area contributed by atoms with Crippen molar-refractivity contribution in [3.8, 4) is 5.75 Å². The van der Waals surface area contributed by atoms with Crippen LogP contribution in [0, 0.1) is 0 Å². The molecule has 0 aliphatic carbocycles. The number of carbonyl (C=O) groups is 1. The van der Waals surface area contributed by atoms with Crippen molar-refractivity contribution in [2.24, 2.45) is 0 Å². The Hall–Kier alpha value is -2.90. The number of likely N-dealkylation sites (N-methyl/N-ethyl adjacent to an activating group) is 1. The highest BCUT2D eigenvalue weighted by molar-refractivity contribution is 7.89. The number of hydrogen-bond donors (Lipinski definition) is 1. The van der Waals surface area contributed by atoms with E-state index in [4.69, 9.17) is 4.74 Å². The van der Waals surface area contributed by atoms with Crippen LogP contribution in [-0.4, -0.2) is 39.3 Å². The molecule has 0 fully saturated rings. The normalized spacial score (nSPS) is 12.7. The van der Waals surface area contributed by atoms with Gasteiger partial charge in [0.05, 0.1) is 24.6 Å². The fourth-order valence-corrected chi connectivity index (χ4v) is 4.22. The average molecular weight is 413 g/mol. The van der Waals surface area contributed by atoms with Crippen LogP contribution in [0.25, 0.3) is 10.8 Å². The summed E-state index contributed by atoms with van der Waals surface area (Å²) in [5.74, 6) is 0.355. The third-order valence-electron chi connectivity index (χ3n) is 4.79. The van der Waals surface area contributed by atoms with E-state index in [1.807, 2.05) is 55.5 Å². The van der Waals surface area contributed by atoms with Crippen molar-refractivity contribution >= 4 is 26.7 Å². The van der Waals surface area contributed by atoms with Crippen molar-refractivity contribution in [2.45, 2.75) is 17.9 Å². The fourth-order valence-electron chi connectivity index (χ4n) is 3.06. The Morgan fingerprint density at radius 1 is 1.03 bits per heavy atom. The van der Waals surface area contributed by atoms with E-state index in [1.54, 1.807) is 25.3 Å². The van der Waals surface area contributed by atoms with Crippen molar-refractivity contribution in [3.63, 3.8) is 0 Å². The van der Waals surface area contributed by atoms with Crippen LogP contribution in [0.5, 0.6) is 5.75 Å². The van der Waals surface area contributed by atoms with E-state index >= 15 is 0 Å². The molecule has 0 spiro atoms. The molecule has 1 amide bonds. The lowest BCUT2D eigenvalue weighted by atomic mass is 10.1. The van der Waals surface area contributed by atoms with E-state index in [1.165, 1.54) is 7.05 Å². The predicted molar refractivity (Wildman–Crippen MR) is 113 cm³/mol. The second-order valence-corrected chi connectivity index (χ2v) is 8.88. The van der Waals surface area contributed by atoms with Gasteiger partial charge in [-0.05, 0) is 47.5 Å². The van der Waals surface area contributed by atoms with Gasteiger partial charge in [0.2, 0.25) is 15.9 Å². The Kier molecular flexibility index (Phi) is 6.20. The topological polar surface area (TPSA) is 75.7 Å². The zero-order chi connectivity index (χ0) is 21.0. The lowest BCUT2D eigenvalue weighted by molar-refractivity contribution is -0.121. The van der Waals surface area contributed by atoms with E-state index < -0.39 is 10.0 Å². The number of nitrogens with zero attached hydrogens (tertiary/aromatic N) is 1. The first-order valence-electron chi connectivity index (χ1n) is 9.19. The Bertz CT molecular complexity index is 1110. The van der Waals surface area contributed by atoms with E-state index in [2.05, 4.69) is 5.32 Å². The van der Waals surface area contributed by atoms with E-state index in [0.29, 0.717) is 0 Å². The lowest BCUT2D eigenvalue weighted by Crippen LogP contribution is -2.39. The number of benzene rings is 3. The number of ether oxygens (including phenoxy) is 1. The number of carbonyl (C=O) groups excluding carboxylic acids is 1. The van der Waals surface area contributed by atoms with E-state index in [0.717, 1.165) is 26.4 Å². The molecule has 0 aliphatic rings. The van der Waals surface area contributed by atoms with Crippen LogP contribution in [0.15, 0.2) is 71.6 Å². The number of fused-ring (bicyclic) bond motifs is 1. The molecule has 0 saturated heterocycles. The van der Waals surface area contributed by atoms with Gasteiger partial charge in [0.25, 0.3) is 0 Å². The van der Waals surface area contributed by atoms with Gasteiger partial charge in [-0.25, -0.2) is 8.42 Å². The van der Waals surface area contributed by atoms with E-state index in [-0.39, 0.29) is 23.4 Å². The van der Waals surface area contributed by atoms with Gasteiger partial charge in [0.15, 0.2) is 0 Å². The van der Waals surface area contributed by atoms with Gasteiger partial charge >= 0.3 is 0 Å². The maximum Gasteiger partial charge on any atom is 0.243 e. The van der Waals surface area contributed by atoms with Gasteiger partial charge in [-0.3, -0.25) is 4.79 Å². The molecule has 1 N–H and O–H groups in total. The molecule has 152 valence electrons. The number of nitrogens with one attached hydrogen (secondary N) is 1. The van der Waals surface area contributed by atoms with Gasteiger partial charge < -0.3 is 10.1 Å². The van der Waals surface area contributed by atoms with Gasteiger partial charge in [-0.15, -0.1) is 0 Å². The SMILES string of the molecule is COc1ccc(C(C)NC(=O)CN(C)S(=O)(=O)c2ccc3ccccc3c2)cc1. The largest absolute Gasteiger partial charge is 0.497 e. The van der Waals surface area contributed by atoms with Crippen molar-refractivity contribution in [3.05, 3.63) is 72.3 Å². The molecule has 0 radical (unpaired) electrons. The molecular formula is C22H24N2O4S. The molecule has 0 aliphatic heterocycles. The highest BCUT2D eigenvalue weighted by Crippen LogP contribution is 2.21. The standard InChI is InChI=1S/C22H24N2O4S/c1-16(17-8-11-20(28-3)12-9-17)23-22(25)15-24(2)29(26,27)21-13-10-18-6-4-5-7-19(18)14-21/h4-14,16H,15H2,1-3H3,(H,23,25). The number of methoxy groups -OCH3 is 1. The van der Waals surface area contributed by atoms with E-state index in [9.17, 15) is 13.2 Å². The minimum absolute atomic E-state index is 0.162. The number of amides is 1. The maximum absolute atomic E-state index is 12.9. The van der Waals surface area contributed by atoms with Gasteiger partial charge in [0, 0.05) is 7.05 Å². The summed E-state index contributed by atoms with van der Waals surface area (Å²) in [6.07, 6.45) is 0. The summed E-state index contributed by atoms with van der Waals surface area (Å²) in [7, 11) is -0.785. The van der Waals surface area contributed by atoms with Gasteiger partial charge in [-0.2, -0.15) is 4.31 Å². The smallest absolute Gasteiger partial charge is 0.243 e. The second kappa shape index (κ2) is 8.63. The first-order chi connectivity index (χ1) is 13.8. The summed E-state index contributed by atoms with van der Waals surface area (Å²) in [5, 5.41) is 4.62. The lowest BCUT2D eigenvalue weighted by Gasteiger charge is -2.20. The van der Waals surface area contributed by atoms with Crippen LogP contribution in [0.4, 0.5) is 0 Å². The Balaban J connectivity index is 1.68. The maximum atomic E-state index is 12.9. The summed E-state index contributed by atoms with van der Waals surface area (Å²) in [5.41, 5.74) is 0.902. The van der Waals surface area contributed by atoms with Crippen LogP contribution >= 0.6 is 0 Å². The molecule has 0 saturated carbocycles. The van der Waals surface area contributed by atoms with Crippen LogP contribution in [0.3, 0.4) is 0 Å². The molecule has 0 bridgehead atoms. The minimum Gasteiger partial charge on any atom is -0.497 e. The van der Waals surface area contributed by atoms with Crippen molar-refractivity contribution in [1.82, 2.24) is 9.62 Å². The molecule has 3 aromatic rings. The highest BCUT2D eigenvalue weighted by Gasteiger charge is 2.24. The number of rotatable bonds is 7. The molecule has 0 aromatic heterocycles. The van der Waals surface area contributed by atoms with Gasteiger partial charge in [0.1, 0.15) is 5.75 Å². The Morgan fingerprint density at radius 2 is 1.69 bits per heavy atom. The monoisotopic (exact) mass is 412 g/mol. The molecule has 6 nitrogen and oxygen atoms in total. The molecule has 3 rings (SSSR count). The first-order valence-corrected chi connectivity index (χ1v) is 10.6. The van der Waals surface area contributed by atoms with Crippen LogP contribution < -0.4 is 10.1 Å². The van der Waals surface area contributed by atoms with Gasteiger partial charge in [-0.1, -0.05) is 42.5 Å². The summed E-state index contributed by atoms with van der Waals surface area (Å²) in [6.45, 7) is 1.58. The zero-order valence-corrected chi connectivity index (χ0v) is 17.4. The number of hydrogen-bond acceptors (Lipinski definition) is 4. The molecule has 1 atom stereocenters. The zero-order valence-electron chi connectivity index (χ0n) is 16.6. The molecule has 7 heteroatoms. The summed E-state index contributed by atoms with van der Waals surface area (Å²) < 4.78 is 31.9. The van der Waals surface area contributed by atoms with Crippen molar-refractivity contribution in [1.29, 1.82) is 0 Å². The van der Waals surface area contributed by atoms with Crippen LogP contribution in [-0.2, 0) is 14.8 Å². The van der Waals surface area contributed by atoms with Crippen molar-refractivity contribution < 1.29 is 17.9 Å². The molecular weight excluding hydrogens is 388 g/mol. The van der Waals surface area contributed by atoms with Crippen molar-refractivity contribution in [2.75, 3.05) is 20.7 Å². The minimum atomic E-state index is -3.78. The third kappa shape index (κ3) is 4.75. The molecule has 1 unspecified atom stereocenters. The first kappa shape index (κ1) is 20.8. The third-order valence-corrected chi connectivity index (χ3v) is 6.59. The molecule has 29 heavy (non-hydrogen) atoms. The highest BCUT2D eigenvalue weighted by atomic mass is 32.2. The second-order valence-electron chi connectivity index (χ2n) is 6.83. The van der Waals surface area contributed by atoms with Crippen LogP contribution in [0.1, 0.15) is 18.5 Å². The summed E-state index contributed by atoms with van der Waals surface area (Å²) in [4.78, 5) is 12.6. The summed E-state index contributed by atoms with van der Waals surface area (Å²) in [6, 6.07) is 19.6.